The van der Waals surface area contributed by atoms with E-state index in [1.54, 1.807) is 6.20 Å². The minimum absolute atomic E-state index is 0.992. The smallest absolute Gasteiger partial charge is 0.136 e. The zero-order valence-corrected chi connectivity index (χ0v) is 6.51. The highest BCUT2D eigenvalue weighted by Gasteiger charge is 1.90. The van der Waals surface area contributed by atoms with E-state index in [-0.39, 0.29) is 0 Å². The van der Waals surface area contributed by atoms with E-state index in [0.29, 0.717) is 0 Å². The normalized spacial score (nSPS) is 10.5. The summed E-state index contributed by atoms with van der Waals surface area (Å²) in [6, 6.07) is 4.01. The van der Waals surface area contributed by atoms with Crippen LogP contribution in [0, 0.1) is 0 Å². The van der Waals surface area contributed by atoms with Gasteiger partial charge in [0.25, 0.3) is 0 Å². The number of pyridine rings is 1. The highest BCUT2D eigenvalue weighted by atomic mass is 31.0. The Labute approximate surface area is 61.1 Å². The van der Waals surface area contributed by atoms with E-state index in [4.69, 9.17) is 0 Å². The molecule has 0 fully saturated rings. The summed E-state index contributed by atoms with van der Waals surface area (Å²) in [6.45, 7) is 0. The predicted molar refractivity (Wildman–Crippen MR) is 44.5 cm³/mol. The number of hydrogen-bond donors (Lipinski definition) is 0. The second kappa shape index (κ2) is 2.06. The van der Waals surface area contributed by atoms with Crippen molar-refractivity contribution in [2.45, 2.75) is 0 Å². The molecule has 0 aliphatic carbocycles. The molecule has 0 saturated heterocycles. The van der Waals surface area contributed by atoms with Crippen LogP contribution in [0.15, 0.2) is 30.7 Å². The summed E-state index contributed by atoms with van der Waals surface area (Å²) >= 11 is 0. The molecule has 10 heavy (non-hydrogen) atoms. The Morgan fingerprint density at radius 3 is 3.20 bits per heavy atom. The molecule has 2 aromatic rings. The number of aromatic nitrogens is 2. The molecular formula is C7H7N2P. The summed E-state index contributed by atoms with van der Waals surface area (Å²) < 4.78 is 1.99. The Hall–Kier alpha value is -0.880. The minimum atomic E-state index is 0.992. The van der Waals surface area contributed by atoms with E-state index in [9.17, 15) is 0 Å². The maximum absolute atomic E-state index is 4.11. The van der Waals surface area contributed by atoms with Crippen LogP contribution in [0.5, 0.6) is 0 Å². The van der Waals surface area contributed by atoms with E-state index in [2.05, 4.69) is 14.2 Å². The summed E-state index contributed by atoms with van der Waals surface area (Å²) in [5.41, 5.74) is 0.992. The average Bonchev–Trinajstić information content (AvgIpc) is 2.33. The van der Waals surface area contributed by atoms with Gasteiger partial charge >= 0.3 is 0 Å². The van der Waals surface area contributed by atoms with Gasteiger partial charge < -0.3 is 4.40 Å². The van der Waals surface area contributed by atoms with Crippen LogP contribution in [0.4, 0.5) is 0 Å². The molecule has 0 aliphatic heterocycles. The molecule has 1 atom stereocenters. The van der Waals surface area contributed by atoms with E-state index in [1.807, 2.05) is 28.9 Å². The Morgan fingerprint density at radius 1 is 1.40 bits per heavy atom. The third-order valence-electron chi connectivity index (χ3n) is 1.41. The zero-order chi connectivity index (χ0) is 6.97. The molecule has 0 amide bonds. The maximum atomic E-state index is 4.11. The van der Waals surface area contributed by atoms with Crippen molar-refractivity contribution in [2.24, 2.45) is 0 Å². The van der Waals surface area contributed by atoms with E-state index in [1.165, 1.54) is 5.30 Å². The molecule has 0 bridgehead atoms. The van der Waals surface area contributed by atoms with Gasteiger partial charge in [-0.25, -0.2) is 4.98 Å². The van der Waals surface area contributed by atoms with Crippen molar-refractivity contribution in [3.05, 3.63) is 30.7 Å². The highest BCUT2D eigenvalue weighted by molar-refractivity contribution is 7.27. The quantitative estimate of drug-likeness (QED) is 0.508. The van der Waals surface area contributed by atoms with Crippen LogP contribution in [0.25, 0.3) is 5.65 Å². The van der Waals surface area contributed by atoms with Crippen molar-refractivity contribution in [1.29, 1.82) is 0 Å². The van der Waals surface area contributed by atoms with E-state index < -0.39 is 0 Å². The van der Waals surface area contributed by atoms with Crippen molar-refractivity contribution in [3.8, 4) is 0 Å². The van der Waals surface area contributed by atoms with Crippen LogP contribution >= 0.6 is 9.24 Å². The van der Waals surface area contributed by atoms with Gasteiger partial charge in [0.15, 0.2) is 0 Å². The van der Waals surface area contributed by atoms with Gasteiger partial charge in [0, 0.05) is 18.6 Å². The fourth-order valence-corrected chi connectivity index (χ4v) is 1.19. The SMILES string of the molecule is Pc1ccc2nccn2c1. The van der Waals surface area contributed by atoms with Crippen molar-refractivity contribution >= 4 is 20.2 Å². The van der Waals surface area contributed by atoms with Crippen molar-refractivity contribution in [1.82, 2.24) is 9.38 Å². The summed E-state index contributed by atoms with van der Waals surface area (Å²) in [5.74, 6) is 0. The van der Waals surface area contributed by atoms with Gasteiger partial charge in [0.1, 0.15) is 5.65 Å². The fraction of sp³-hybridized carbons (Fsp3) is 0. The van der Waals surface area contributed by atoms with Gasteiger partial charge in [-0.05, 0) is 17.4 Å². The van der Waals surface area contributed by atoms with Gasteiger partial charge in [0.05, 0.1) is 0 Å². The third-order valence-corrected chi connectivity index (χ3v) is 1.75. The number of imidazole rings is 1. The largest absolute Gasteiger partial charge is 0.306 e. The highest BCUT2D eigenvalue weighted by Crippen LogP contribution is 1.98. The number of nitrogens with zero attached hydrogens (tertiary/aromatic N) is 2. The predicted octanol–water partition coefficient (Wildman–Crippen LogP) is 0.835. The summed E-state index contributed by atoms with van der Waals surface area (Å²) in [5, 5.41) is 1.17. The summed E-state index contributed by atoms with van der Waals surface area (Å²) in [7, 11) is 2.65. The second-order valence-corrected chi connectivity index (χ2v) is 2.82. The lowest BCUT2D eigenvalue weighted by Crippen LogP contribution is -1.93. The molecule has 3 heteroatoms. The van der Waals surface area contributed by atoms with Crippen LogP contribution in [0.2, 0.25) is 0 Å². The Morgan fingerprint density at radius 2 is 2.30 bits per heavy atom. The van der Waals surface area contributed by atoms with Crippen molar-refractivity contribution in [3.63, 3.8) is 0 Å². The van der Waals surface area contributed by atoms with Crippen LogP contribution in [0.3, 0.4) is 0 Å². The first-order valence-electron chi connectivity index (χ1n) is 3.04. The second-order valence-electron chi connectivity index (χ2n) is 2.16. The molecule has 0 aromatic carbocycles. The Kier molecular flexibility index (Phi) is 1.21. The Balaban J connectivity index is 2.86. The van der Waals surface area contributed by atoms with Gasteiger partial charge in [-0.15, -0.1) is 9.24 Å². The van der Waals surface area contributed by atoms with Gasteiger partial charge in [-0.3, -0.25) is 0 Å². The van der Waals surface area contributed by atoms with Crippen LogP contribution in [-0.2, 0) is 0 Å². The van der Waals surface area contributed by atoms with E-state index in [0.717, 1.165) is 5.65 Å². The number of fused-ring (bicyclic) bond motifs is 1. The topological polar surface area (TPSA) is 17.3 Å². The fourth-order valence-electron chi connectivity index (χ4n) is 0.937. The van der Waals surface area contributed by atoms with Gasteiger partial charge in [-0.1, -0.05) is 0 Å². The molecule has 0 saturated carbocycles. The van der Waals surface area contributed by atoms with Crippen LogP contribution < -0.4 is 5.30 Å². The first kappa shape index (κ1) is 5.87. The molecule has 2 heterocycles. The van der Waals surface area contributed by atoms with Crippen molar-refractivity contribution < 1.29 is 0 Å². The van der Waals surface area contributed by atoms with E-state index >= 15 is 0 Å². The third kappa shape index (κ3) is 0.812. The molecule has 2 aromatic heterocycles. The maximum Gasteiger partial charge on any atom is 0.136 e. The monoisotopic (exact) mass is 150 g/mol. The standard InChI is InChI=1S/C7H7N2P/c10-6-1-2-7-8-3-4-9(7)5-6/h1-5H,10H2. The average molecular weight is 150 g/mol. The molecule has 2 nitrogen and oxygen atoms in total. The number of rotatable bonds is 0. The van der Waals surface area contributed by atoms with Gasteiger partial charge in [-0.2, -0.15) is 0 Å². The number of hydrogen-bond acceptors (Lipinski definition) is 1. The lowest BCUT2D eigenvalue weighted by molar-refractivity contribution is 1.20. The summed E-state index contributed by atoms with van der Waals surface area (Å²) in [4.78, 5) is 4.11. The summed E-state index contributed by atoms with van der Waals surface area (Å²) in [6.07, 6.45) is 5.75. The lowest BCUT2D eigenvalue weighted by atomic mass is 10.5. The molecule has 0 spiro atoms. The molecule has 0 N–H and O–H groups in total. The lowest BCUT2D eigenvalue weighted by Gasteiger charge is -1.92. The first-order chi connectivity index (χ1) is 4.86. The molecule has 1 unspecified atom stereocenters. The molecule has 0 aliphatic rings. The molecule has 2 rings (SSSR count). The van der Waals surface area contributed by atoms with Crippen LogP contribution in [-0.4, -0.2) is 9.38 Å². The van der Waals surface area contributed by atoms with Gasteiger partial charge in [0.2, 0.25) is 0 Å². The zero-order valence-electron chi connectivity index (χ0n) is 5.36. The molecular weight excluding hydrogens is 143 g/mol. The van der Waals surface area contributed by atoms with Crippen LogP contribution in [0.1, 0.15) is 0 Å². The van der Waals surface area contributed by atoms with Crippen molar-refractivity contribution in [2.75, 3.05) is 0 Å². The first-order valence-corrected chi connectivity index (χ1v) is 3.62. The molecule has 0 radical (unpaired) electrons. The minimum Gasteiger partial charge on any atom is -0.306 e. The Bertz CT molecular complexity index is 353. The molecule has 50 valence electrons.